The Morgan fingerprint density at radius 1 is 0.914 bits per heavy atom. The highest BCUT2D eigenvalue weighted by molar-refractivity contribution is 5.77. The van der Waals surface area contributed by atoms with Gasteiger partial charge in [0.15, 0.2) is 0 Å². The molecular weight excluding hydrogens is 440 g/mol. The summed E-state index contributed by atoms with van der Waals surface area (Å²) in [6.45, 7) is 4.93. The van der Waals surface area contributed by atoms with Gasteiger partial charge in [0.2, 0.25) is 11.8 Å². The van der Waals surface area contributed by atoms with Gasteiger partial charge in [-0.25, -0.2) is 0 Å². The number of esters is 1. The molecule has 1 N–H and O–H groups in total. The average molecular weight is 489 g/mol. The zero-order valence-electron chi connectivity index (χ0n) is 22.6. The fourth-order valence-electron chi connectivity index (χ4n) is 8.84. The van der Waals surface area contributed by atoms with Crippen molar-refractivity contribution < 1.29 is 19.1 Å². The molecule has 4 aliphatic rings. The van der Waals surface area contributed by atoms with Crippen molar-refractivity contribution in [1.29, 1.82) is 0 Å². The lowest BCUT2D eigenvalue weighted by Crippen LogP contribution is -2.62. The molecule has 1 aliphatic heterocycles. The van der Waals surface area contributed by atoms with Gasteiger partial charge in [-0.2, -0.15) is 0 Å². The highest BCUT2D eigenvalue weighted by Crippen LogP contribution is 2.64. The number of fused-ring (bicyclic) bond motifs is 5. The first-order valence-electron chi connectivity index (χ1n) is 14.3. The second-order valence-corrected chi connectivity index (χ2v) is 12.6. The number of carbonyl (C=O) groups excluding carboxylic acids is 3. The summed E-state index contributed by atoms with van der Waals surface area (Å²) in [6, 6.07) is 0.717. The van der Waals surface area contributed by atoms with E-state index in [0.29, 0.717) is 49.1 Å². The van der Waals surface area contributed by atoms with Crippen LogP contribution in [0.5, 0.6) is 0 Å². The molecule has 0 spiro atoms. The van der Waals surface area contributed by atoms with Crippen LogP contribution in [0.2, 0.25) is 0 Å². The van der Waals surface area contributed by atoms with Crippen LogP contribution in [0.3, 0.4) is 0 Å². The Balaban J connectivity index is 1.26. The monoisotopic (exact) mass is 488 g/mol. The molecule has 35 heavy (non-hydrogen) atoms. The van der Waals surface area contributed by atoms with Gasteiger partial charge in [0.1, 0.15) is 0 Å². The lowest BCUT2D eigenvalue weighted by Gasteiger charge is -2.61. The van der Waals surface area contributed by atoms with E-state index in [1.165, 1.54) is 32.8 Å². The molecule has 198 valence electrons. The zero-order chi connectivity index (χ0) is 25.2. The molecule has 0 aromatic rings. The molecule has 3 saturated carbocycles. The summed E-state index contributed by atoms with van der Waals surface area (Å²) < 4.78 is 4.68. The number of piperidine rings is 1. The Morgan fingerprint density at radius 2 is 1.60 bits per heavy atom. The van der Waals surface area contributed by atoms with Crippen LogP contribution in [0.15, 0.2) is 0 Å². The van der Waals surface area contributed by atoms with Crippen molar-refractivity contribution in [3.8, 4) is 0 Å². The number of nitrogens with one attached hydrogen (secondary N) is 1. The first-order chi connectivity index (χ1) is 16.7. The van der Waals surface area contributed by atoms with Crippen LogP contribution in [0.4, 0.5) is 0 Å². The molecule has 0 unspecified atom stereocenters. The second kappa shape index (κ2) is 10.8. The lowest BCUT2D eigenvalue weighted by molar-refractivity contribution is -0.157. The summed E-state index contributed by atoms with van der Waals surface area (Å²) in [5.41, 5.74) is 0.468. The van der Waals surface area contributed by atoms with Crippen LogP contribution < -0.4 is 5.32 Å². The standard InChI is InChI=1S/C29H48N2O4/c1-28-18-16-22-20(12-15-24-29(22,2)19-17-26(33)31(24)3)21(28)13-14-23(28)30-25(32)10-8-6-5-7-9-11-27(34)35-4/h20-24H,5-19H2,1-4H3,(H,30,32)/t20-,21-,22-,23-,24+,28-,29+/m0/s1. The minimum Gasteiger partial charge on any atom is -0.469 e. The van der Waals surface area contributed by atoms with Gasteiger partial charge in [-0.05, 0) is 86.4 Å². The van der Waals surface area contributed by atoms with Crippen molar-refractivity contribution in [2.45, 2.75) is 122 Å². The number of rotatable bonds is 9. The van der Waals surface area contributed by atoms with E-state index in [1.54, 1.807) is 0 Å². The van der Waals surface area contributed by atoms with Crippen LogP contribution in [-0.4, -0.2) is 48.9 Å². The normalized spacial score (nSPS) is 38.3. The van der Waals surface area contributed by atoms with E-state index in [-0.39, 0.29) is 22.7 Å². The number of amides is 2. The van der Waals surface area contributed by atoms with E-state index < -0.39 is 0 Å². The summed E-state index contributed by atoms with van der Waals surface area (Å²) >= 11 is 0. The van der Waals surface area contributed by atoms with E-state index >= 15 is 0 Å². The number of unbranched alkanes of at least 4 members (excludes halogenated alkanes) is 4. The summed E-state index contributed by atoms with van der Waals surface area (Å²) in [7, 11) is 3.46. The molecule has 4 fully saturated rings. The molecule has 1 saturated heterocycles. The number of hydrogen-bond donors (Lipinski definition) is 1. The smallest absolute Gasteiger partial charge is 0.305 e. The predicted molar refractivity (Wildman–Crippen MR) is 136 cm³/mol. The Labute approximate surface area is 212 Å². The van der Waals surface area contributed by atoms with Gasteiger partial charge in [-0.15, -0.1) is 0 Å². The third-order valence-electron chi connectivity index (χ3n) is 10.9. The van der Waals surface area contributed by atoms with Gasteiger partial charge < -0.3 is 15.0 Å². The third-order valence-corrected chi connectivity index (χ3v) is 10.9. The minimum atomic E-state index is -0.134. The molecule has 6 nitrogen and oxygen atoms in total. The van der Waals surface area contributed by atoms with Crippen molar-refractivity contribution in [2.75, 3.05) is 14.2 Å². The van der Waals surface area contributed by atoms with Crippen molar-refractivity contribution in [3.05, 3.63) is 0 Å². The fraction of sp³-hybridized carbons (Fsp3) is 0.897. The van der Waals surface area contributed by atoms with E-state index in [0.717, 1.165) is 57.3 Å². The largest absolute Gasteiger partial charge is 0.469 e. The maximum absolute atomic E-state index is 12.8. The zero-order valence-corrected chi connectivity index (χ0v) is 22.6. The van der Waals surface area contributed by atoms with E-state index in [1.807, 2.05) is 7.05 Å². The van der Waals surface area contributed by atoms with Gasteiger partial charge in [0.25, 0.3) is 0 Å². The molecule has 0 aromatic carbocycles. The Morgan fingerprint density at radius 3 is 2.34 bits per heavy atom. The van der Waals surface area contributed by atoms with Crippen molar-refractivity contribution in [1.82, 2.24) is 10.2 Å². The van der Waals surface area contributed by atoms with Gasteiger partial charge in [0, 0.05) is 38.4 Å². The fourth-order valence-corrected chi connectivity index (χ4v) is 8.84. The topological polar surface area (TPSA) is 75.7 Å². The molecule has 0 aromatic heterocycles. The van der Waals surface area contributed by atoms with Crippen LogP contribution in [0, 0.1) is 28.6 Å². The Bertz CT molecular complexity index is 800. The van der Waals surface area contributed by atoms with Crippen LogP contribution in [0.1, 0.15) is 110 Å². The number of carbonyl (C=O) groups is 3. The summed E-state index contributed by atoms with van der Waals surface area (Å²) in [4.78, 5) is 38.4. The van der Waals surface area contributed by atoms with Gasteiger partial charge >= 0.3 is 5.97 Å². The molecular formula is C29H48N2O4. The van der Waals surface area contributed by atoms with Crippen molar-refractivity contribution in [3.63, 3.8) is 0 Å². The number of nitrogens with zero attached hydrogens (tertiary/aromatic N) is 1. The Hall–Kier alpha value is -1.59. The van der Waals surface area contributed by atoms with Crippen molar-refractivity contribution >= 4 is 17.8 Å². The maximum Gasteiger partial charge on any atom is 0.305 e. The molecule has 0 bridgehead atoms. The van der Waals surface area contributed by atoms with Gasteiger partial charge in [-0.1, -0.05) is 33.1 Å². The van der Waals surface area contributed by atoms with Crippen LogP contribution in [-0.2, 0) is 19.1 Å². The first kappa shape index (κ1) is 26.5. The third kappa shape index (κ3) is 5.13. The number of methoxy groups -OCH3 is 1. The highest BCUT2D eigenvalue weighted by Gasteiger charge is 2.61. The summed E-state index contributed by atoms with van der Waals surface area (Å²) in [5.74, 6) is 2.56. The van der Waals surface area contributed by atoms with Crippen LogP contribution in [0.25, 0.3) is 0 Å². The molecule has 1 heterocycles. The quantitative estimate of drug-likeness (QED) is 0.356. The molecule has 0 radical (unpaired) electrons. The second-order valence-electron chi connectivity index (χ2n) is 12.6. The lowest BCUT2D eigenvalue weighted by atomic mass is 9.47. The van der Waals surface area contributed by atoms with E-state index in [4.69, 9.17) is 0 Å². The van der Waals surface area contributed by atoms with Crippen molar-refractivity contribution in [2.24, 2.45) is 28.6 Å². The summed E-state index contributed by atoms with van der Waals surface area (Å²) in [5, 5.41) is 3.46. The SMILES string of the molecule is COC(=O)CCCCCCCC(=O)N[C@H]1CC[C@H]2[C@@H]3CC[C@H]4N(C)C(=O)CC[C@]4(C)[C@H]3CC[C@]12C. The molecule has 6 heteroatoms. The molecule has 3 aliphatic carbocycles. The molecule has 2 amide bonds. The van der Waals surface area contributed by atoms with E-state index in [9.17, 15) is 14.4 Å². The van der Waals surface area contributed by atoms with Gasteiger partial charge in [-0.3, -0.25) is 14.4 Å². The predicted octanol–water partition coefficient (Wildman–Crippen LogP) is 5.24. The summed E-state index contributed by atoms with van der Waals surface area (Å²) in [6.07, 6.45) is 14.9. The van der Waals surface area contributed by atoms with E-state index in [2.05, 4.69) is 28.8 Å². The number of hydrogen-bond acceptors (Lipinski definition) is 4. The maximum atomic E-state index is 12.8. The molecule has 4 rings (SSSR count). The Kier molecular flexibility index (Phi) is 8.17. The first-order valence-corrected chi connectivity index (χ1v) is 14.3. The minimum absolute atomic E-state index is 0.134. The number of likely N-dealkylation sites (tertiary alicyclic amines) is 1. The van der Waals surface area contributed by atoms with Crippen LogP contribution >= 0.6 is 0 Å². The average Bonchev–Trinajstić information content (AvgIpc) is 3.17. The number of ether oxygens (including phenoxy) is 1. The van der Waals surface area contributed by atoms with Gasteiger partial charge in [0.05, 0.1) is 7.11 Å². The molecule has 7 atom stereocenters. The highest BCUT2D eigenvalue weighted by atomic mass is 16.5.